The Balaban J connectivity index is 2.01. The highest BCUT2D eigenvalue weighted by atomic mass is 16.8. The first-order chi connectivity index (χ1) is 39.8. The van der Waals surface area contributed by atoms with Gasteiger partial charge in [-0.2, -0.15) is 0 Å². The lowest BCUT2D eigenvalue weighted by Gasteiger charge is -2.49. The third-order valence-electron chi connectivity index (χ3n) is 12.0. The van der Waals surface area contributed by atoms with Crippen LogP contribution in [0.15, 0.2) is 0 Å². The highest BCUT2D eigenvalue weighted by molar-refractivity contribution is 5.71. The lowest BCUT2D eigenvalue weighted by Crippen LogP contribution is -2.68. The number of methoxy groups -OCH3 is 1. The summed E-state index contributed by atoms with van der Waals surface area (Å²) in [4.78, 5) is 165. The number of carbonyl (C=O) groups excluding carboxylic acids is 13. The van der Waals surface area contributed by atoms with Crippen LogP contribution in [-0.4, -0.2) is 234 Å². The predicted molar refractivity (Wildman–Crippen MR) is 263 cm³/mol. The second kappa shape index (κ2) is 32.3. The summed E-state index contributed by atoms with van der Waals surface area (Å²) >= 11 is 0. The lowest BCUT2D eigenvalue weighted by molar-refractivity contribution is -0.371. The molecular weight excluding hydrogens is 1160 g/mol. The van der Waals surface area contributed by atoms with Crippen LogP contribution in [-0.2, 0) is 162 Å². The molecule has 20 atom stereocenters. The van der Waals surface area contributed by atoms with E-state index in [0.717, 1.165) is 97.1 Å². The van der Waals surface area contributed by atoms with Gasteiger partial charge in [0.15, 0.2) is 92.3 Å². The Labute approximate surface area is 484 Å². The highest BCUT2D eigenvalue weighted by Crippen LogP contribution is 2.38. The Morgan fingerprint density at radius 3 is 0.741 bits per heavy atom. The Morgan fingerprint density at radius 2 is 0.459 bits per heavy atom. The Kier molecular flexibility index (Phi) is 26.7. The molecular formula is C51H70O34. The topological polar surface area (TPSA) is 416 Å². The zero-order valence-electron chi connectivity index (χ0n) is 48.8. The molecule has 4 aliphatic heterocycles. The van der Waals surface area contributed by atoms with E-state index in [2.05, 4.69) is 0 Å². The standard InChI is InChI=1S/C51H70O34/c1-19(52)66-15-32-36(70-21(3)54)41(75-26(8)59)45(78-29(11)62)49(82-32)69-18-35-39(73-24(6)57)43(85-51-47(80-31(13)64)42(76-27(9)60)37(71-22(4)55)33(84-51)16-67-20(2)53)46(79-30(12)63)50(83-35)68-17-34-38(72-23(5)56)40(74-25(7)58)44(77-28(10)61)48(65-14)81-34/h32-51H,15-18H2,1-14H3/t32-,33-,34-,35-,36-,37-,38-,39-,40+,41+,42+,43+,44+,45+,46+,47+,48+,49+,50+,51-/m1/s1. The van der Waals surface area contributed by atoms with Crippen LogP contribution in [0.1, 0.15) is 90.0 Å². The summed E-state index contributed by atoms with van der Waals surface area (Å²) in [7, 11) is 1.12. The van der Waals surface area contributed by atoms with E-state index in [-0.39, 0.29) is 0 Å². The van der Waals surface area contributed by atoms with Gasteiger partial charge >= 0.3 is 77.6 Å². The van der Waals surface area contributed by atoms with Crippen LogP contribution in [0.3, 0.4) is 0 Å². The van der Waals surface area contributed by atoms with E-state index in [4.69, 9.17) is 99.5 Å². The number of hydrogen-bond acceptors (Lipinski definition) is 34. The van der Waals surface area contributed by atoms with Crippen LogP contribution in [0.4, 0.5) is 0 Å². The van der Waals surface area contributed by atoms with Gasteiger partial charge in [-0.25, -0.2) is 0 Å². The smallest absolute Gasteiger partial charge is 0.303 e. The van der Waals surface area contributed by atoms with Crippen LogP contribution in [0.25, 0.3) is 0 Å². The van der Waals surface area contributed by atoms with E-state index >= 15 is 0 Å². The molecule has 4 saturated heterocycles. The van der Waals surface area contributed by atoms with Crippen molar-refractivity contribution < 1.29 is 162 Å². The van der Waals surface area contributed by atoms with Crippen molar-refractivity contribution in [3.05, 3.63) is 0 Å². The Hall–Kier alpha value is -7.21. The van der Waals surface area contributed by atoms with Crippen LogP contribution in [0.5, 0.6) is 0 Å². The predicted octanol–water partition coefficient (Wildman–Crippen LogP) is -1.67. The third-order valence-corrected chi connectivity index (χ3v) is 12.0. The highest BCUT2D eigenvalue weighted by Gasteiger charge is 2.60. The first-order valence-corrected chi connectivity index (χ1v) is 26.0. The van der Waals surface area contributed by atoms with Crippen molar-refractivity contribution in [1.29, 1.82) is 0 Å². The molecule has 0 aromatic rings. The fraction of sp³-hybridized carbons (Fsp3) is 0.745. The molecule has 0 spiro atoms. The maximum absolute atomic E-state index is 13.4. The van der Waals surface area contributed by atoms with Gasteiger partial charge in [0.2, 0.25) is 0 Å². The van der Waals surface area contributed by atoms with Gasteiger partial charge in [-0.05, 0) is 0 Å². The molecule has 4 fully saturated rings. The lowest BCUT2D eigenvalue weighted by atomic mass is 9.95. The second-order valence-corrected chi connectivity index (χ2v) is 19.1. The van der Waals surface area contributed by atoms with Crippen molar-refractivity contribution in [1.82, 2.24) is 0 Å². The van der Waals surface area contributed by atoms with Crippen LogP contribution >= 0.6 is 0 Å². The van der Waals surface area contributed by atoms with Gasteiger partial charge in [0, 0.05) is 97.1 Å². The van der Waals surface area contributed by atoms with E-state index in [1.54, 1.807) is 0 Å². The minimum absolute atomic E-state index is 0.707. The monoisotopic (exact) mass is 1230 g/mol. The van der Waals surface area contributed by atoms with Crippen LogP contribution in [0, 0.1) is 0 Å². The van der Waals surface area contributed by atoms with E-state index in [0.29, 0.717) is 0 Å². The molecule has 85 heavy (non-hydrogen) atoms. The van der Waals surface area contributed by atoms with Gasteiger partial charge in [-0.15, -0.1) is 0 Å². The quantitative estimate of drug-likeness (QED) is 0.0770. The largest absolute Gasteiger partial charge is 0.463 e. The summed E-state index contributed by atoms with van der Waals surface area (Å²) in [6, 6.07) is 0. The summed E-state index contributed by atoms with van der Waals surface area (Å²) in [6.45, 7) is 9.25. The summed E-state index contributed by atoms with van der Waals surface area (Å²) in [5.74, 6) is -13.0. The van der Waals surface area contributed by atoms with Gasteiger partial charge in [-0.3, -0.25) is 62.3 Å². The van der Waals surface area contributed by atoms with E-state index in [1.165, 1.54) is 0 Å². The molecule has 0 aromatic heterocycles. The maximum Gasteiger partial charge on any atom is 0.303 e. The first kappa shape index (κ1) is 70.3. The van der Waals surface area contributed by atoms with E-state index in [1.807, 2.05) is 0 Å². The molecule has 0 unspecified atom stereocenters. The number of rotatable bonds is 24. The Morgan fingerprint density at radius 1 is 0.247 bits per heavy atom. The molecule has 0 amide bonds. The van der Waals surface area contributed by atoms with E-state index < -0.39 is 227 Å². The molecule has 34 nitrogen and oxygen atoms in total. The maximum atomic E-state index is 13.4. The van der Waals surface area contributed by atoms with Crippen molar-refractivity contribution in [2.75, 3.05) is 33.5 Å². The number of esters is 13. The zero-order chi connectivity index (χ0) is 63.7. The van der Waals surface area contributed by atoms with Crippen molar-refractivity contribution in [3.63, 3.8) is 0 Å². The average molecular weight is 1230 g/mol. The van der Waals surface area contributed by atoms with Crippen LogP contribution < -0.4 is 0 Å². The second-order valence-electron chi connectivity index (χ2n) is 19.1. The minimum atomic E-state index is -2.15. The molecule has 34 heteroatoms. The molecule has 478 valence electrons. The molecule has 0 aromatic carbocycles. The SMILES string of the molecule is CO[C@H]1O[C@H](CO[C@H]2O[C@H](CO[C@H]3O[C@H](COC(C)=O)[C@@H](OC(C)=O)[C@H](OC(C)=O)[C@@H]3OC(C)=O)[C@@H](OC(C)=O)[C@H](O[C@H]3O[C@H](COC(C)=O)[C@@H](OC(C)=O)[C@H](OC(C)=O)[C@@H]3OC(C)=O)[C@@H]2OC(C)=O)[C@@H](OC(C)=O)[C@H](OC(C)=O)[C@@H]1OC(C)=O. The van der Waals surface area contributed by atoms with Crippen LogP contribution in [0.2, 0.25) is 0 Å². The molecule has 4 heterocycles. The summed E-state index contributed by atoms with van der Waals surface area (Å²) in [6.07, 6.45) is -36.6. The first-order valence-electron chi connectivity index (χ1n) is 26.0. The number of hydrogen-bond donors (Lipinski definition) is 0. The van der Waals surface area contributed by atoms with Crippen molar-refractivity contribution in [3.8, 4) is 0 Å². The minimum Gasteiger partial charge on any atom is -0.463 e. The van der Waals surface area contributed by atoms with Gasteiger partial charge in [0.25, 0.3) is 0 Å². The molecule has 0 aliphatic carbocycles. The van der Waals surface area contributed by atoms with Crippen molar-refractivity contribution in [2.45, 2.75) is 213 Å². The summed E-state index contributed by atoms with van der Waals surface area (Å²) < 4.78 is 121. The molecule has 0 saturated carbocycles. The summed E-state index contributed by atoms with van der Waals surface area (Å²) in [5.41, 5.74) is 0. The summed E-state index contributed by atoms with van der Waals surface area (Å²) in [5, 5.41) is 0. The fourth-order valence-corrected chi connectivity index (χ4v) is 9.29. The zero-order valence-corrected chi connectivity index (χ0v) is 48.8. The number of carbonyl (C=O) groups is 13. The normalized spacial score (nSPS) is 32.4. The number of ether oxygens (including phenoxy) is 21. The van der Waals surface area contributed by atoms with Gasteiger partial charge in [0.05, 0.1) is 13.2 Å². The molecule has 0 radical (unpaired) electrons. The van der Waals surface area contributed by atoms with Gasteiger partial charge in [-0.1, -0.05) is 0 Å². The fourth-order valence-electron chi connectivity index (χ4n) is 9.29. The van der Waals surface area contributed by atoms with Gasteiger partial charge < -0.3 is 99.5 Å². The van der Waals surface area contributed by atoms with Crippen molar-refractivity contribution in [2.24, 2.45) is 0 Å². The molecule has 0 bridgehead atoms. The molecule has 4 rings (SSSR count). The molecule has 0 N–H and O–H groups in total. The Bertz CT molecular complexity index is 2430. The van der Waals surface area contributed by atoms with Crippen molar-refractivity contribution >= 4 is 77.6 Å². The van der Waals surface area contributed by atoms with E-state index in [9.17, 15) is 62.3 Å². The molecule has 4 aliphatic rings. The average Bonchev–Trinajstić information content (AvgIpc) is 2.30. The third kappa shape index (κ3) is 21.1. The van der Waals surface area contributed by atoms with Gasteiger partial charge in [0.1, 0.15) is 43.7 Å².